The van der Waals surface area contributed by atoms with Gasteiger partial charge in [-0.3, -0.25) is 0 Å². The first-order valence-electron chi connectivity index (χ1n) is 6.58. The molecule has 2 heterocycles. The lowest BCUT2D eigenvalue weighted by Crippen LogP contribution is -2.40. The highest BCUT2D eigenvalue weighted by atomic mass is 32.1. The van der Waals surface area contributed by atoms with E-state index in [1.807, 2.05) is 6.07 Å². The molecule has 2 aromatic rings. The van der Waals surface area contributed by atoms with Gasteiger partial charge in [-0.15, -0.1) is 11.3 Å². The number of para-hydroxylation sites is 1. The highest BCUT2D eigenvalue weighted by Gasteiger charge is 2.25. The molecule has 1 aliphatic rings. The van der Waals surface area contributed by atoms with Gasteiger partial charge in [-0.1, -0.05) is 25.5 Å². The van der Waals surface area contributed by atoms with E-state index in [0.29, 0.717) is 6.10 Å². The summed E-state index contributed by atoms with van der Waals surface area (Å²) in [4.78, 5) is 4.68. The minimum absolute atomic E-state index is 0.118. The molecule has 3 nitrogen and oxygen atoms in total. The average Bonchev–Trinajstić information content (AvgIpc) is 2.83. The number of morpholine rings is 1. The highest BCUT2D eigenvalue weighted by Crippen LogP contribution is 2.30. The van der Waals surface area contributed by atoms with Gasteiger partial charge in [0.05, 0.1) is 16.3 Å². The second-order valence-electron chi connectivity index (χ2n) is 4.71. The monoisotopic (exact) mass is 262 g/mol. The van der Waals surface area contributed by atoms with E-state index in [9.17, 15) is 0 Å². The highest BCUT2D eigenvalue weighted by molar-refractivity contribution is 7.18. The van der Waals surface area contributed by atoms with Crippen LogP contribution in [0.4, 0.5) is 0 Å². The summed E-state index contributed by atoms with van der Waals surface area (Å²) in [5.74, 6) is 0. The van der Waals surface area contributed by atoms with Crippen LogP contribution in [0.3, 0.4) is 0 Å². The van der Waals surface area contributed by atoms with Gasteiger partial charge in [0.15, 0.2) is 0 Å². The van der Waals surface area contributed by atoms with Gasteiger partial charge in [0, 0.05) is 13.1 Å². The molecule has 1 aromatic carbocycles. The largest absolute Gasteiger partial charge is 0.365 e. The summed E-state index contributed by atoms with van der Waals surface area (Å²) in [6, 6.07) is 8.28. The molecule has 96 valence electrons. The Kier molecular flexibility index (Phi) is 3.59. The second-order valence-corrected chi connectivity index (χ2v) is 5.78. The van der Waals surface area contributed by atoms with Gasteiger partial charge in [-0.05, 0) is 18.6 Å². The summed E-state index contributed by atoms with van der Waals surface area (Å²) in [6.45, 7) is 4.04. The van der Waals surface area contributed by atoms with Crippen molar-refractivity contribution in [2.24, 2.45) is 0 Å². The fourth-order valence-corrected chi connectivity index (χ4v) is 3.37. The van der Waals surface area contributed by atoms with E-state index in [0.717, 1.165) is 30.0 Å². The first kappa shape index (κ1) is 12.1. The molecule has 4 heteroatoms. The van der Waals surface area contributed by atoms with Gasteiger partial charge < -0.3 is 10.1 Å². The summed E-state index contributed by atoms with van der Waals surface area (Å²) < 4.78 is 7.37. The third-order valence-corrected chi connectivity index (χ3v) is 4.38. The summed E-state index contributed by atoms with van der Waals surface area (Å²) in [6.07, 6.45) is 2.74. The van der Waals surface area contributed by atoms with E-state index in [4.69, 9.17) is 4.74 Å². The molecule has 1 aliphatic heterocycles. The summed E-state index contributed by atoms with van der Waals surface area (Å²) in [5, 5.41) is 4.56. The van der Waals surface area contributed by atoms with Crippen molar-refractivity contribution in [3.8, 4) is 0 Å². The van der Waals surface area contributed by atoms with E-state index in [-0.39, 0.29) is 6.10 Å². The number of aromatic nitrogens is 1. The van der Waals surface area contributed by atoms with Crippen LogP contribution in [0.15, 0.2) is 24.3 Å². The van der Waals surface area contributed by atoms with Crippen LogP contribution in [-0.4, -0.2) is 24.2 Å². The van der Waals surface area contributed by atoms with Crippen molar-refractivity contribution in [2.45, 2.75) is 32.0 Å². The average molecular weight is 262 g/mol. The molecule has 1 fully saturated rings. The second kappa shape index (κ2) is 5.34. The molecule has 3 rings (SSSR count). The maximum absolute atomic E-state index is 6.13. The van der Waals surface area contributed by atoms with Gasteiger partial charge in [0.1, 0.15) is 11.1 Å². The number of nitrogens with zero attached hydrogens (tertiary/aromatic N) is 1. The number of rotatable bonds is 3. The molecule has 18 heavy (non-hydrogen) atoms. The van der Waals surface area contributed by atoms with Crippen LogP contribution in [0, 0.1) is 0 Å². The molecule has 0 amide bonds. The minimum Gasteiger partial charge on any atom is -0.365 e. The van der Waals surface area contributed by atoms with Crippen molar-refractivity contribution in [3.63, 3.8) is 0 Å². The normalized spacial score (nSPS) is 24.5. The fourth-order valence-electron chi connectivity index (χ4n) is 2.37. The fraction of sp³-hybridized carbons (Fsp3) is 0.500. The predicted octanol–water partition coefficient (Wildman–Crippen LogP) is 3.13. The Hall–Kier alpha value is -0.970. The van der Waals surface area contributed by atoms with Gasteiger partial charge in [0.25, 0.3) is 0 Å². The van der Waals surface area contributed by atoms with Crippen LogP contribution in [0.2, 0.25) is 0 Å². The number of nitrogens with one attached hydrogen (secondary N) is 1. The number of hydrogen-bond acceptors (Lipinski definition) is 4. The molecule has 0 aliphatic carbocycles. The molecular formula is C14H18N2OS. The van der Waals surface area contributed by atoms with Crippen LogP contribution in [0.25, 0.3) is 10.2 Å². The first-order chi connectivity index (χ1) is 8.86. The van der Waals surface area contributed by atoms with Gasteiger partial charge >= 0.3 is 0 Å². The van der Waals surface area contributed by atoms with Crippen LogP contribution in [-0.2, 0) is 4.74 Å². The van der Waals surface area contributed by atoms with Crippen molar-refractivity contribution < 1.29 is 4.74 Å². The maximum Gasteiger partial charge on any atom is 0.124 e. The maximum atomic E-state index is 6.13. The van der Waals surface area contributed by atoms with Crippen LogP contribution < -0.4 is 5.32 Å². The number of benzene rings is 1. The molecule has 0 radical (unpaired) electrons. The van der Waals surface area contributed by atoms with E-state index >= 15 is 0 Å². The lowest BCUT2D eigenvalue weighted by Gasteiger charge is -2.29. The van der Waals surface area contributed by atoms with Crippen molar-refractivity contribution in [3.05, 3.63) is 29.3 Å². The molecule has 1 saturated heterocycles. The zero-order chi connectivity index (χ0) is 12.4. The molecule has 1 N–H and O–H groups in total. The van der Waals surface area contributed by atoms with E-state index in [1.54, 1.807) is 11.3 Å². The SMILES string of the molecule is CCCC1CNCC(c2nc3ccccc3s2)O1. The van der Waals surface area contributed by atoms with E-state index in [2.05, 4.69) is 35.4 Å². The number of thiazole rings is 1. The lowest BCUT2D eigenvalue weighted by molar-refractivity contribution is -0.0424. The Morgan fingerprint density at radius 1 is 1.39 bits per heavy atom. The minimum atomic E-state index is 0.118. The first-order valence-corrected chi connectivity index (χ1v) is 7.40. The number of fused-ring (bicyclic) bond motifs is 1. The summed E-state index contributed by atoms with van der Waals surface area (Å²) in [7, 11) is 0. The molecule has 0 saturated carbocycles. The zero-order valence-electron chi connectivity index (χ0n) is 10.6. The van der Waals surface area contributed by atoms with Crippen LogP contribution >= 0.6 is 11.3 Å². The topological polar surface area (TPSA) is 34.2 Å². The Bertz CT molecular complexity index is 490. The smallest absolute Gasteiger partial charge is 0.124 e. The number of ether oxygens (including phenoxy) is 1. The van der Waals surface area contributed by atoms with Crippen molar-refractivity contribution in [2.75, 3.05) is 13.1 Å². The predicted molar refractivity (Wildman–Crippen MR) is 75.0 cm³/mol. The third-order valence-electron chi connectivity index (χ3n) is 3.25. The third kappa shape index (κ3) is 2.41. The van der Waals surface area contributed by atoms with Crippen LogP contribution in [0.5, 0.6) is 0 Å². The van der Waals surface area contributed by atoms with Crippen molar-refractivity contribution in [1.29, 1.82) is 0 Å². The molecular weight excluding hydrogens is 244 g/mol. The van der Waals surface area contributed by atoms with Crippen LogP contribution in [0.1, 0.15) is 30.9 Å². The van der Waals surface area contributed by atoms with E-state index < -0.39 is 0 Å². The summed E-state index contributed by atoms with van der Waals surface area (Å²) in [5.41, 5.74) is 1.08. The van der Waals surface area contributed by atoms with Gasteiger partial charge in [-0.2, -0.15) is 0 Å². The molecule has 2 atom stereocenters. The summed E-state index contributed by atoms with van der Waals surface area (Å²) >= 11 is 1.75. The standard InChI is InChI=1S/C14H18N2OS/c1-2-5-10-8-15-9-12(17-10)14-16-11-6-3-4-7-13(11)18-14/h3-4,6-7,10,12,15H,2,5,8-9H2,1H3. The van der Waals surface area contributed by atoms with Gasteiger partial charge in [0.2, 0.25) is 0 Å². The molecule has 1 aromatic heterocycles. The Morgan fingerprint density at radius 2 is 2.28 bits per heavy atom. The quantitative estimate of drug-likeness (QED) is 0.922. The molecule has 0 spiro atoms. The van der Waals surface area contributed by atoms with Gasteiger partial charge in [-0.25, -0.2) is 4.98 Å². The van der Waals surface area contributed by atoms with Crippen molar-refractivity contribution in [1.82, 2.24) is 10.3 Å². The molecule has 2 unspecified atom stereocenters. The van der Waals surface area contributed by atoms with E-state index in [1.165, 1.54) is 11.1 Å². The molecule has 0 bridgehead atoms. The zero-order valence-corrected chi connectivity index (χ0v) is 11.4. The Labute approximate surface area is 111 Å². The van der Waals surface area contributed by atoms with Crippen molar-refractivity contribution >= 4 is 21.6 Å². The Morgan fingerprint density at radius 3 is 3.11 bits per heavy atom. The Balaban J connectivity index is 1.80. The number of hydrogen-bond donors (Lipinski definition) is 1. The lowest BCUT2D eigenvalue weighted by atomic mass is 10.1.